The van der Waals surface area contributed by atoms with Gasteiger partial charge in [0.15, 0.2) is 0 Å². The average Bonchev–Trinajstić information content (AvgIpc) is 2.76. The Labute approximate surface area is 116 Å². The molecule has 2 atom stereocenters. The number of hydrogen-bond donors (Lipinski definition) is 1. The van der Waals surface area contributed by atoms with Gasteiger partial charge in [0.05, 0.1) is 0 Å². The molecular formula is C16H27NS. The molecule has 0 aliphatic heterocycles. The highest BCUT2D eigenvalue weighted by molar-refractivity contribution is 7.12. The maximum absolute atomic E-state index is 3.84. The Balaban J connectivity index is 1.92. The van der Waals surface area contributed by atoms with E-state index >= 15 is 0 Å². The largest absolute Gasteiger partial charge is 0.307 e. The molecule has 0 aromatic carbocycles. The maximum atomic E-state index is 3.84. The van der Waals surface area contributed by atoms with E-state index in [1.165, 1.54) is 35.4 Å². The normalized spacial score (nSPS) is 25.0. The Morgan fingerprint density at radius 3 is 2.83 bits per heavy atom. The van der Waals surface area contributed by atoms with E-state index in [4.69, 9.17) is 0 Å². The van der Waals surface area contributed by atoms with E-state index in [1.807, 2.05) is 11.3 Å². The van der Waals surface area contributed by atoms with Crippen LogP contribution in [0.1, 0.15) is 69.2 Å². The fourth-order valence-electron chi connectivity index (χ4n) is 3.09. The molecule has 1 aliphatic rings. The van der Waals surface area contributed by atoms with Crippen LogP contribution in [-0.2, 0) is 6.42 Å². The summed E-state index contributed by atoms with van der Waals surface area (Å²) in [6.45, 7) is 9.36. The molecule has 1 aliphatic carbocycles. The molecule has 0 bridgehead atoms. The molecule has 0 radical (unpaired) electrons. The smallest absolute Gasteiger partial charge is 0.0388 e. The van der Waals surface area contributed by atoms with E-state index in [0.717, 1.165) is 6.42 Å². The fraction of sp³-hybridized carbons (Fsp3) is 0.750. The Morgan fingerprint density at radius 2 is 2.22 bits per heavy atom. The van der Waals surface area contributed by atoms with Crippen LogP contribution < -0.4 is 5.32 Å². The zero-order valence-electron chi connectivity index (χ0n) is 12.3. The van der Waals surface area contributed by atoms with Crippen LogP contribution in [0.5, 0.6) is 0 Å². The Kier molecular flexibility index (Phi) is 4.50. The van der Waals surface area contributed by atoms with E-state index in [0.29, 0.717) is 17.5 Å². The lowest BCUT2D eigenvalue weighted by Crippen LogP contribution is -2.38. The molecule has 0 amide bonds. The van der Waals surface area contributed by atoms with Crippen LogP contribution in [0.2, 0.25) is 0 Å². The van der Waals surface area contributed by atoms with Gasteiger partial charge in [-0.1, -0.05) is 27.2 Å². The molecule has 18 heavy (non-hydrogen) atoms. The maximum Gasteiger partial charge on any atom is 0.0388 e. The van der Waals surface area contributed by atoms with E-state index < -0.39 is 0 Å². The van der Waals surface area contributed by atoms with Crippen LogP contribution in [0, 0.1) is 5.41 Å². The van der Waals surface area contributed by atoms with Crippen molar-refractivity contribution < 1.29 is 0 Å². The molecule has 102 valence electrons. The highest BCUT2D eigenvalue weighted by Gasteiger charge is 2.28. The van der Waals surface area contributed by atoms with Gasteiger partial charge < -0.3 is 5.32 Å². The lowest BCUT2D eigenvalue weighted by atomic mass is 9.75. The van der Waals surface area contributed by atoms with Crippen molar-refractivity contribution in [3.05, 3.63) is 21.9 Å². The van der Waals surface area contributed by atoms with Crippen LogP contribution in [0.3, 0.4) is 0 Å². The van der Waals surface area contributed by atoms with Gasteiger partial charge in [-0.3, -0.25) is 0 Å². The third-order valence-corrected chi connectivity index (χ3v) is 5.56. The van der Waals surface area contributed by atoms with Crippen LogP contribution in [0.4, 0.5) is 0 Å². The monoisotopic (exact) mass is 265 g/mol. The number of rotatable bonds is 4. The first-order chi connectivity index (χ1) is 8.50. The molecule has 1 nitrogen and oxygen atoms in total. The Bertz CT molecular complexity index is 380. The quantitative estimate of drug-likeness (QED) is 0.814. The van der Waals surface area contributed by atoms with E-state index in [1.54, 1.807) is 0 Å². The summed E-state index contributed by atoms with van der Waals surface area (Å²) in [6.07, 6.45) is 6.59. The van der Waals surface area contributed by atoms with E-state index in [-0.39, 0.29) is 0 Å². The second-order valence-electron chi connectivity index (χ2n) is 6.50. The van der Waals surface area contributed by atoms with Gasteiger partial charge in [-0.25, -0.2) is 0 Å². The second kappa shape index (κ2) is 5.75. The predicted octanol–water partition coefficient (Wildman–Crippen LogP) is 4.93. The van der Waals surface area contributed by atoms with Gasteiger partial charge in [-0.15, -0.1) is 11.3 Å². The highest BCUT2D eigenvalue weighted by Crippen LogP contribution is 2.36. The Hall–Kier alpha value is -0.340. The van der Waals surface area contributed by atoms with Crippen LogP contribution in [-0.4, -0.2) is 6.04 Å². The molecular weight excluding hydrogens is 238 g/mol. The predicted molar refractivity (Wildman–Crippen MR) is 81.3 cm³/mol. The zero-order valence-corrected chi connectivity index (χ0v) is 13.1. The summed E-state index contributed by atoms with van der Waals surface area (Å²) < 4.78 is 0. The number of thiophene rings is 1. The van der Waals surface area contributed by atoms with Gasteiger partial charge in [0.2, 0.25) is 0 Å². The third-order valence-electron chi connectivity index (χ3n) is 4.15. The summed E-state index contributed by atoms with van der Waals surface area (Å²) in [5, 5.41) is 3.84. The van der Waals surface area contributed by atoms with Gasteiger partial charge in [0.25, 0.3) is 0 Å². The molecule has 2 heteroatoms. The van der Waals surface area contributed by atoms with Gasteiger partial charge >= 0.3 is 0 Å². The zero-order chi connectivity index (χ0) is 13.2. The standard InChI is InChI=1S/C16H27NS/c1-5-14-8-9-15(18-14)12(2)17-13-7-6-10-16(3,4)11-13/h8-9,12-13,17H,5-7,10-11H2,1-4H3. The molecule has 1 aromatic heterocycles. The molecule has 1 fully saturated rings. The van der Waals surface area contributed by atoms with Crippen molar-refractivity contribution in [2.45, 2.75) is 71.9 Å². The second-order valence-corrected chi connectivity index (χ2v) is 7.70. The topological polar surface area (TPSA) is 12.0 Å². The summed E-state index contributed by atoms with van der Waals surface area (Å²) in [6, 6.07) is 5.79. The number of hydrogen-bond acceptors (Lipinski definition) is 2. The molecule has 2 unspecified atom stereocenters. The Morgan fingerprint density at radius 1 is 1.44 bits per heavy atom. The minimum absolute atomic E-state index is 0.509. The summed E-state index contributed by atoms with van der Waals surface area (Å²) >= 11 is 1.97. The van der Waals surface area contributed by atoms with Crippen molar-refractivity contribution in [2.24, 2.45) is 5.41 Å². The molecule has 1 aromatic rings. The first-order valence-corrected chi connectivity index (χ1v) is 8.16. The summed E-state index contributed by atoms with van der Waals surface area (Å²) in [4.78, 5) is 3.00. The third kappa shape index (κ3) is 3.58. The van der Waals surface area contributed by atoms with Crippen molar-refractivity contribution in [3.8, 4) is 0 Å². The van der Waals surface area contributed by atoms with Crippen LogP contribution >= 0.6 is 11.3 Å². The van der Waals surface area contributed by atoms with Crippen molar-refractivity contribution in [1.82, 2.24) is 5.32 Å². The van der Waals surface area contributed by atoms with Gasteiger partial charge in [0, 0.05) is 21.8 Å². The fourth-order valence-corrected chi connectivity index (χ4v) is 4.06. The molecule has 0 spiro atoms. The van der Waals surface area contributed by atoms with Crippen LogP contribution in [0.25, 0.3) is 0 Å². The minimum Gasteiger partial charge on any atom is -0.307 e. The van der Waals surface area contributed by atoms with Crippen molar-refractivity contribution in [2.75, 3.05) is 0 Å². The lowest BCUT2D eigenvalue weighted by molar-refractivity contribution is 0.191. The van der Waals surface area contributed by atoms with Crippen molar-refractivity contribution in [1.29, 1.82) is 0 Å². The van der Waals surface area contributed by atoms with Crippen molar-refractivity contribution in [3.63, 3.8) is 0 Å². The number of nitrogens with one attached hydrogen (secondary N) is 1. The molecule has 2 rings (SSSR count). The molecule has 1 N–H and O–H groups in total. The minimum atomic E-state index is 0.509. The van der Waals surface area contributed by atoms with Gasteiger partial charge in [-0.05, 0) is 50.2 Å². The van der Waals surface area contributed by atoms with E-state index in [9.17, 15) is 0 Å². The SMILES string of the molecule is CCc1ccc(C(C)NC2CCCC(C)(C)C2)s1. The first-order valence-electron chi connectivity index (χ1n) is 7.35. The summed E-state index contributed by atoms with van der Waals surface area (Å²) in [5.74, 6) is 0. The summed E-state index contributed by atoms with van der Waals surface area (Å²) in [7, 11) is 0. The van der Waals surface area contributed by atoms with Gasteiger partial charge in [0.1, 0.15) is 0 Å². The first kappa shape index (κ1) is 14.1. The van der Waals surface area contributed by atoms with E-state index in [2.05, 4.69) is 45.1 Å². The molecule has 1 saturated carbocycles. The molecule has 1 heterocycles. The lowest BCUT2D eigenvalue weighted by Gasteiger charge is -2.37. The summed E-state index contributed by atoms with van der Waals surface area (Å²) in [5.41, 5.74) is 0.527. The average molecular weight is 265 g/mol. The molecule has 0 saturated heterocycles. The number of aryl methyl sites for hydroxylation is 1. The highest BCUT2D eigenvalue weighted by atomic mass is 32.1. The van der Waals surface area contributed by atoms with Gasteiger partial charge in [-0.2, -0.15) is 0 Å². The van der Waals surface area contributed by atoms with Crippen LogP contribution in [0.15, 0.2) is 12.1 Å². The van der Waals surface area contributed by atoms with Crippen molar-refractivity contribution >= 4 is 11.3 Å².